The quantitative estimate of drug-likeness (QED) is 0.572. The van der Waals surface area contributed by atoms with Gasteiger partial charge >= 0.3 is 5.97 Å². The first-order valence-corrected chi connectivity index (χ1v) is 5.99. The summed E-state index contributed by atoms with van der Waals surface area (Å²) in [6, 6.07) is -0.761. The molecule has 18 heavy (non-hydrogen) atoms. The summed E-state index contributed by atoms with van der Waals surface area (Å²) in [6.45, 7) is 1.04. The number of carbonyl (C=O) groups is 2. The van der Waals surface area contributed by atoms with E-state index in [1.165, 1.54) is 0 Å². The third-order valence-corrected chi connectivity index (χ3v) is 3.47. The summed E-state index contributed by atoms with van der Waals surface area (Å²) in [5.74, 6) is -1.78. The fourth-order valence-corrected chi connectivity index (χ4v) is 2.31. The second-order valence-corrected chi connectivity index (χ2v) is 4.65. The van der Waals surface area contributed by atoms with E-state index in [2.05, 4.69) is 10.6 Å². The number of aliphatic carboxylic acids is 1. The number of hydrogen-bond donors (Lipinski definition) is 3. The lowest BCUT2D eigenvalue weighted by Crippen LogP contribution is -2.49. The molecule has 0 aliphatic carbocycles. The molecule has 7 nitrogen and oxygen atoms in total. The minimum absolute atomic E-state index is 0.0378. The Kier molecular flexibility index (Phi) is 4.15. The van der Waals surface area contributed by atoms with E-state index in [0.717, 1.165) is 0 Å². The molecule has 2 saturated heterocycles. The molecule has 2 fully saturated rings. The van der Waals surface area contributed by atoms with Crippen LogP contribution in [0.1, 0.15) is 6.42 Å². The van der Waals surface area contributed by atoms with Crippen LogP contribution in [0.5, 0.6) is 0 Å². The van der Waals surface area contributed by atoms with Crippen LogP contribution in [0.3, 0.4) is 0 Å². The fourth-order valence-electron chi connectivity index (χ4n) is 2.31. The molecule has 7 heteroatoms. The van der Waals surface area contributed by atoms with Crippen LogP contribution in [-0.4, -0.2) is 62.0 Å². The number of carboxylic acids is 1. The third-order valence-electron chi connectivity index (χ3n) is 3.47. The Morgan fingerprint density at radius 1 is 1.44 bits per heavy atom. The lowest BCUT2D eigenvalue weighted by atomic mass is 10.0. The van der Waals surface area contributed by atoms with E-state index in [0.29, 0.717) is 13.0 Å². The van der Waals surface area contributed by atoms with Crippen molar-refractivity contribution in [1.82, 2.24) is 10.6 Å². The van der Waals surface area contributed by atoms with Crippen molar-refractivity contribution in [3.63, 3.8) is 0 Å². The molecule has 2 aliphatic heterocycles. The van der Waals surface area contributed by atoms with Crippen LogP contribution in [-0.2, 0) is 19.1 Å². The zero-order chi connectivity index (χ0) is 13.1. The highest BCUT2D eigenvalue weighted by Crippen LogP contribution is 2.15. The SMILES string of the molecule is COC1CNC(C(=O)NC2COCC2C(=O)O)C1. The molecule has 4 atom stereocenters. The summed E-state index contributed by atoms with van der Waals surface area (Å²) in [5, 5.41) is 14.8. The second kappa shape index (κ2) is 5.64. The zero-order valence-electron chi connectivity index (χ0n) is 10.2. The molecule has 3 N–H and O–H groups in total. The molecule has 0 saturated carbocycles. The number of amides is 1. The molecular weight excluding hydrogens is 240 g/mol. The molecule has 0 bridgehead atoms. The van der Waals surface area contributed by atoms with Gasteiger partial charge in [0.05, 0.1) is 31.4 Å². The van der Waals surface area contributed by atoms with E-state index in [-0.39, 0.29) is 31.3 Å². The van der Waals surface area contributed by atoms with Gasteiger partial charge < -0.3 is 25.2 Å². The van der Waals surface area contributed by atoms with E-state index < -0.39 is 17.9 Å². The molecule has 0 aromatic rings. The number of hydrogen-bond acceptors (Lipinski definition) is 5. The molecule has 0 radical (unpaired) electrons. The monoisotopic (exact) mass is 258 g/mol. The summed E-state index contributed by atoms with van der Waals surface area (Å²) in [6.07, 6.45) is 0.643. The average molecular weight is 258 g/mol. The van der Waals surface area contributed by atoms with Crippen LogP contribution in [0.4, 0.5) is 0 Å². The maximum absolute atomic E-state index is 12.0. The minimum atomic E-state index is -0.938. The van der Waals surface area contributed by atoms with Crippen LogP contribution in [0, 0.1) is 5.92 Å². The lowest BCUT2D eigenvalue weighted by Gasteiger charge is -2.18. The van der Waals surface area contributed by atoms with Crippen molar-refractivity contribution in [1.29, 1.82) is 0 Å². The maximum Gasteiger partial charge on any atom is 0.311 e. The van der Waals surface area contributed by atoms with Gasteiger partial charge in [0.1, 0.15) is 5.92 Å². The zero-order valence-corrected chi connectivity index (χ0v) is 10.2. The Labute approximate surface area is 105 Å². The van der Waals surface area contributed by atoms with Gasteiger partial charge in [0, 0.05) is 13.7 Å². The van der Waals surface area contributed by atoms with Gasteiger partial charge in [-0.25, -0.2) is 0 Å². The average Bonchev–Trinajstić information content (AvgIpc) is 2.96. The highest BCUT2D eigenvalue weighted by Gasteiger charge is 2.37. The Morgan fingerprint density at radius 3 is 2.83 bits per heavy atom. The Bertz CT molecular complexity index is 335. The van der Waals surface area contributed by atoms with Gasteiger partial charge in [-0.05, 0) is 6.42 Å². The first-order valence-electron chi connectivity index (χ1n) is 5.99. The van der Waals surface area contributed by atoms with E-state index in [9.17, 15) is 9.59 Å². The number of carboxylic acid groups (broad SMARTS) is 1. The Balaban J connectivity index is 1.86. The van der Waals surface area contributed by atoms with Gasteiger partial charge in [-0.2, -0.15) is 0 Å². The molecule has 0 aromatic carbocycles. The van der Waals surface area contributed by atoms with Gasteiger partial charge in [-0.15, -0.1) is 0 Å². The summed E-state index contributed by atoms with van der Waals surface area (Å²) >= 11 is 0. The van der Waals surface area contributed by atoms with E-state index in [1.54, 1.807) is 7.11 Å². The predicted octanol–water partition coefficient (Wildman–Crippen LogP) is -1.42. The van der Waals surface area contributed by atoms with E-state index >= 15 is 0 Å². The van der Waals surface area contributed by atoms with Crippen molar-refractivity contribution in [2.75, 3.05) is 26.9 Å². The van der Waals surface area contributed by atoms with Crippen molar-refractivity contribution in [2.24, 2.45) is 5.92 Å². The number of carbonyl (C=O) groups excluding carboxylic acids is 1. The molecule has 2 heterocycles. The van der Waals surface area contributed by atoms with E-state index in [1.807, 2.05) is 0 Å². The number of rotatable bonds is 4. The number of ether oxygens (including phenoxy) is 2. The van der Waals surface area contributed by atoms with Gasteiger partial charge in [0.15, 0.2) is 0 Å². The van der Waals surface area contributed by atoms with Crippen molar-refractivity contribution in [2.45, 2.75) is 24.6 Å². The minimum Gasteiger partial charge on any atom is -0.481 e. The molecule has 1 amide bonds. The summed E-state index contributed by atoms with van der Waals surface area (Å²) in [7, 11) is 1.61. The summed E-state index contributed by atoms with van der Waals surface area (Å²) in [5.41, 5.74) is 0. The third kappa shape index (κ3) is 2.80. The smallest absolute Gasteiger partial charge is 0.311 e. The highest BCUT2D eigenvalue weighted by atomic mass is 16.5. The van der Waals surface area contributed by atoms with Crippen LogP contribution in [0.25, 0.3) is 0 Å². The molecule has 0 aromatic heterocycles. The lowest BCUT2D eigenvalue weighted by molar-refractivity contribution is -0.142. The largest absolute Gasteiger partial charge is 0.481 e. The van der Waals surface area contributed by atoms with Crippen molar-refractivity contribution in [3.8, 4) is 0 Å². The van der Waals surface area contributed by atoms with Crippen molar-refractivity contribution >= 4 is 11.9 Å². The van der Waals surface area contributed by atoms with Crippen LogP contribution in [0.15, 0.2) is 0 Å². The summed E-state index contributed by atoms with van der Waals surface area (Å²) in [4.78, 5) is 22.9. The standard InChI is InChI=1S/C11H18N2O5/c1-17-6-2-8(12-3-6)10(14)13-9-5-18-4-7(9)11(15)16/h6-9,12H,2-5H2,1H3,(H,13,14)(H,15,16). The first kappa shape index (κ1) is 13.3. The fraction of sp³-hybridized carbons (Fsp3) is 0.818. The first-order chi connectivity index (χ1) is 8.61. The van der Waals surface area contributed by atoms with Gasteiger partial charge in [0.25, 0.3) is 0 Å². The molecule has 2 rings (SSSR count). The maximum atomic E-state index is 12.0. The Morgan fingerprint density at radius 2 is 2.22 bits per heavy atom. The molecule has 2 aliphatic rings. The Hall–Kier alpha value is -1.18. The predicted molar refractivity (Wildman–Crippen MR) is 61.1 cm³/mol. The number of nitrogens with one attached hydrogen (secondary N) is 2. The number of methoxy groups -OCH3 is 1. The van der Waals surface area contributed by atoms with Crippen molar-refractivity contribution in [3.05, 3.63) is 0 Å². The van der Waals surface area contributed by atoms with Gasteiger partial charge in [-0.1, -0.05) is 0 Å². The van der Waals surface area contributed by atoms with Crippen LogP contribution >= 0.6 is 0 Å². The molecule has 0 spiro atoms. The molecule has 4 unspecified atom stereocenters. The second-order valence-electron chi connectivity index (χ2n) is 4.65. The molecule has 102 valence electrons. The van der Waals surface area contributed by atoms with Gasteiger partial charge in [0.2, 0.25) is 5.91 Å². The normalized spacial score (nSPS) is 35.6. The van der Waals surface area contributed by atoms with Crippen LogP contribution < -0.4 is 10.6 Å². The highest BCUT2D eigenvalue weighted by molar-refractivity contribution is 5.83. The van der Waals surface area contributed by atoms with Gasteiger partial charge in [-0.3, -0.25) is 9.59 Å². The van der Waals surface area contributed by atoms with Crippen molar-refractivity contribution < 1.29 is 24.2 Å². The summed E-state index contributed by atoms with van der Waals surface area (Å²) < 4.78 is 10.3. The van der Waals surface area contributed by atoms with Crippen LogP contribution in [0.2, 0.25) is 0 Å². The topological polar surface area (TPSA) is 96.9 Å². The molecular formula is C11H18N2O5. The van der Waals surface area contributed by atoms with E-state index in [4.69, 9.17) is 14.6 Å².